The van der Waals surface area contributed by atoms with Gasteiger partial charge in [0.1, 0.15) is 29.2 Å². The normalized spacial score (nSPS) is 9.30. The molecule has 0 radical (unpaired) electrons. The zero-order valence-electron chi connectivity index (χ0n) is 10.1. The second-order valence-electron chi connectivity index (χ2n) is 3.79. The van der Waals surface area contributed by atoms with Gasteiger partial charge in [-0.2, -0.15) is 10.5 Å². The molecule has 2 rings (SSSR count). The fourth-order valence-electron chi connectivity index (χ4n) is 1.59. The summed E-state index contributed by atoms with van der Waals surface area (Å²) in [5.74, 6) is 0.764. The van der Waals surface area contributed by atoms with Gasteiger partial charge in [0, 0.05) is 23.8 Å². The van der Waals surface area contributed by atoms with Crippen molar-refractivity contribution in [2.75, 3.05) is 0 Å². The molecule has 0 aliphatic carbocycles. The maximum absolute atomic E-state index is 10.7. The smallest absolute Gasteiger partial charge is 0.270 e. The van der Waals surface area contributed by atoms with Gasteiger partial charge in [-0.25, -0.2) is 0 Å². The third-order valence-electron chi connectivity index (χ3n) is 2.50. The topological polar surface area (TPSA) is 104 Å². The van der Waals surface area contributed by atoms with Gasteiger partial charge in [0.15, 0.2) is 0 Å². The zero-order chi connectivity index (χ0) is 14.5. The van der Waals surface area contributed by atoms with E-state index in [1.165, 1.54) is 18.2 Å². The van der Waals surface area contributed by atoms with Crippen LogP contribution in [0.15, 0.2) is 46.4 Å². The Morgan fingerprint density at radius 2 is 2.00 bits per heavy atom. The molecule has 0 bridgehead atoms. The number of hydrogen-bond acceptors (Lipinski definition) is 5. The molecular weight excluding hydrogens is 258 g/mol. The van der Waals surface area contributed by atoms with E-state index in [-0.39, 0.29) is 11.3 Å². The minimum absolute atomic E-state index is 0.0364. The second-order valence-corrected chi connectivity index (χ2v) is 3.79. The van der Waals surface area contributed by atoms with Crippen molar-refractivity contribution in [2.24, 2.45) is 0 Å². The third kappa shape index (κ3) is 2.71. The third-order valence-corrected chi connectivity index (χ3v) is 2.50. The van der Waals surface area contributed by atoms with Gasteiger partial charge in [-0.1, -0.05) is 12.1 Å². The van der Waals surface area contributed by atoms with Crippen molar-refractivity contribution >= 4 is 11.8 Å². The highest BCUT2D eigenvalue weighted by Crippen LogP contribution is 2.26. The SMILES string of the molecule is N#CC(C#N)=Cc1ccc(-c2cccc([N+](=O)[O-])c2)o1. The lowest BCUT2D eigenvalue weighted by Crippen LogP contribution is -1.87. The fraction of sp³-hybridized carbons (Fsp3) is 0. The van der Waals surface area contributed by atoms with Crippen LogP contribution in [0.5, 0.6) is 0 Å². The Morgan fingerprint density at radius 1 is 1.25 bits per heavy atom. The molecule has 0 N–H and O–H groups in total. The number of nitrogens with zero attached hydrogens (tertiary/aromatic N) is 3. The number of hydrogen-bond donors (Lipinski definition) is 0. The number of allylic oxidation sites excluding steroid dienone is 1. The Morgan fingerprint density at radius 3 is 2.65 bits per heavy atom. The first-order valence-corrected chi connectivity index (χ1v) is 5.50. The molecule has 0 saturated carbocycles. The molecule has 1 heterocycles. The van der Waals surface area contributed by atoms with Crippen LogP contribution >= 0.6 is 0 Å². The van der Waals surface area contributed by atoms with Gasteiger partial charge in [-0.15, -0.1) is 0 Å². The van der Waals surface area contributed by atoms with E-state index in [1.54, 1.807) is 36.4 Å². The van der Waals surface area contributed by atoms with Crippen molar-refractivity contribution in [3.63, 3.8) is 0 Å². The lowest BCUT2D eigenvalue weighted by molar-refractivity contribution is -0.384. The number of furan rings is 1. The molecular formula is C14H7N3O3. The lowest BCUT2D eigenvalue weighted by Gasteiger charge is -1.96. The molecule has 0 aliphatic rings. The van der Waals surface area contributed by atoms with Crippen LogP contribution in [-0.2, 0) is 0 Å². The first-order valence-electron chi connectivity index (χ1n) is 5.50. The molecule has 0 amide bonds. The summed E-state index contributed by atoms with van der Waals surface area (Å²) in [4.78, 5) is 10.2. The summed E-state index contributed by atoms with van der Waals surface area (Å²) < 4.78 is 5.44. The minimum Gasteiger partial charge on any atom is -0.457 e. The average Bonchev–Trinajstić information content (AvgIpc) is 2.93. The van der Waals surface area contributed by atoms with Gasteiger partial charge in [0.2, 0.25) is 0 Å². The van der Waals surface area contributed by atoms with E-state index in [4.69, 9.17) is 14.9 Å². The highest BCUT2D eigenvalue weighted by Gasteiger charge is 2.10. The monoisotopic (exact) mass is 265 g/mol. The maximum atomic E-state index is 10.7. The molecule has 96 valence electrons. The van der Waals surface area contributed by atoms with Crippen molar-refractivity contribution in [3.8, 4) is 23.5 Å². The summed E-state index contributed by atoms with van der Waals surface area (Å²) in [5, 5.41) is 28.0. The second kappa shape index (κ2) is 5.51. The predicted molar refractivity (Wildman–Crippen MR) is 70.0 cm³/mol. The number of nitro groups is 1. The van der Waals surface area contributed by atoms with E-state index in [9.17, 15) is 10.1 Å². The largest absolute Gasteiger partial charge is 0.457 e. The molecule has 0 fully saturated rings. The first kappa shape index (κ1) is 13.1. The van der Waals surface area contributed by atoms with Gasteiger partial charge in [-0.3, -0.25) is 10.1 Å². The number of rotatable bonds is 3. The van der Waals surface area contributed by atoms with E-state index >= 15 is 0 Å². The molecule has 6 nitrogen and oxygen atoms in total. The van der Waals surface area contributed by atoms with E-state index in [2.05, 4.69) is 0 Å². The molecule has 20 heavy (non-hydrogen) atoms. The molecule has 0 saturated heterocycles. The number of non-ortho nitro benzene ring substituents is 1. The molecule has 0 atom stereocenters. The van der Waals surface area contributed by atoms with E-state index in [0.29, 0.717) is 17.1 Å². The van der Waals surface area contributed by atoms with Crippen LogP contribution in [0.2, 0.25) is 0 Å². The quantitative estimate of drug-likeness (QED) is 0.481. The predicted octanol–water partition coefficient (Wildman–Crippen LogP) is 3.29. The van der Waals surface area contributed by atoms with Crippen molar-refractivity contribution in [3.05, 3.63) is 57.8 Å². The van der Waals surface area contributed by atoms with E-state index in [1.807, 2.05) is 0 Å². The molecule has 1 aromatic heterocycles. The summed E-state index contributed by atoms with van der Waals surface area (Å²) >= 11 is 0. The Hall–Kier alpha value is -3.38. The average molecular weight is 265 g/mol. The highest BCUT2D eigenvalue weighted by atomic mass is 16.6. The van der Waals surface area contributed by atoms with Crippen molar-refractivity contribution in [1.82, 2.24) is 0 Å². The minimum atomic E-state index is -0.489. The zero-order valence-corrected chi connectivity index (χ0v) is 10.1. The highest BCUT2D eigenvalue weighted by molar-refractivity contribution is 5.65. The van der Waals surface area contributed by atoms with Crippen LogP contribution in [0.25, 0.3) is 17.4 Å². The van der Waals surface area contributed by atoms with Crippen LogP contribution in [-0.4, -0.2) is 4.92 Å². The standard InChI is InChI=1S/C14H7N3O3/c15-8-10(9-16)6-13-4-5-14(20-13)11-2-1-3-12(7-11)17(18)19/h1-7H. The Labute approximate surface area is 113 Å². The Balaban J connectivity index is 2.37. The van der Waals surface area contributed by atoms with Crippen LogP contribution in [0.3, 0.4) is 0 Å². The van der Waals surface area contributed by atoms with Gasteiger partial charge < -0.3 is 4.42 Å². The van der Waals surface area contributed by atoms with Crippen molar-refractivity contribution in [2.45, 2.75) is 0 Å². The van der Waals surface area contributed by atoms with Gasteiger partial charge in [0.05, 0.1) is 4.92 Å². The maximum Gasteiger partial charge on any atom is 0.270 e. The molecule has 6 heteroatoms. The summed E-state index contributed by atoms with van der Waals surface area (Å²) in [5.41, 5.74) is 0.435. The van der Waals surface area contributed by atoms with E-state index in [0.717, 1.165) is 0 Å². The fourth-order valence-corrected chi connectivity index (χ4v) is 1.59. The lowest BCUT2D eigenvalue weighted by atomic mass is 10.1. The van der Waals surface area contributed by atoms with Gasteiger partial charge >= 0.3 is 0 Å². The number of nitriles is 2. The molecule has 0 spiro atoms. The summed E-state index contributed by atoms with van der Waals surface area (Å²) in [6.45, 7) is 0. The van der Waals surface area contributed by atoms with Crippen molar-refractivity contribution in [1.29, 1.82) is 10.5 Å². The van der Waals surface area contributed by atoms with Gasteiger partial charge in [-0.05, 0) is 12.1 Å². The van der Waals surface area contributed by atoms with Crippen LogP contribution < -0.4 is 0 Å². The Bertz CT molecular complexity index is 759. The van der Waals surface area contributed by atoms with Crippen molar-refractivity contribution < 1.29 is 9.34 Å². The van der Waals surface area contributed by atoms with Crippen LogP contribution in [0.4, 0.5) is 5.69 Å². The number of benzene rings is 1. The van der Waals surface area contributed by atoms with E-state index < -0.39 is 4.92 Å². The molecule has 0 aliphatic heterocycles. The van der Waals surface area contributed by atoms with Gasteiger partial charge in [0.25, 0.3) is 5.69 Å². The molecule has 1 aromatic carbocycles. The van der Waals surface area contributed by atoms with Crippen LogP contribution in [0.1, 0.15) is 5.76 Å². The summed E-state index contributed by atoms with van der Waals surface area (Å²) in [6, 6.07) is 12.7. The molecule has 2 aromatic rings. The summed E-state index contributed by atoms with van der Waals surface area (Å²) in [6.07, 6.45) is 1.31. The summed E-state index contributed by atoms with van der Waals surface area (Å²) in [7, 11) is 0. The first-order chi connectivity index (χ1) is 9.63. The number of nitro benzene ring substituents is 1. The van der Waals surface area contributed by atoms with Crippen LogP contribution in [0, 0.1) is 32.8 Å². The molecule has 0 unspecified atom stereocenters. The Kier molecular flexibility index (Phi) is 3.60.